The Bertz CT molecular complexity index is 817. The van der Waals surface area contributed by atoms with Gasteiger partial charge in [-0.25, -0.2) is 17.5 Å². The van der Waals surface area contributed by atoms with Crippen LogP contribution in [0.2, 0.25) is 0 Å². The van der Waals surface area contributed by atoms with Crippen LogP contribution in [-0.4, -0.2) is 23.2 Å². The Morgan fingerprint density at radius 1 is 1.26 bits per heavy atom. The third kappa shape index (κ3) is 3.42. The van der Waals surface area contributed by atoms with Crippen LogP contribution in [0.5, 0.6) is 0 Å². The number of hydrogen-bond acceptors (Lipinski definition) is 4. The largest absolute Gasteiger partial charge is 0.314 e. The highest BCUT2D eigenvalue weighted by Crippen LogP contribution is 2.18. The smallest absolute Gasteiger partial charge is 0.241 e. The second kappa shape index (κ2) is 6.37. The van der Waals surface area contributed by atoms with E-state index in [9.17, 15) is 12.8 Å². The Morgan fingerprint density at radius 2 is 2.09 bits per heavy atom. The van der Waals surface area contributed by atoms with Crippen LogP contribution in [0.25, 0.3) is 0 Å². The van der Waals surface area contributed by atoms with E-state index in [0.717, 1.165) is 44.1 Å². The van der Waals surface area contributed by atoms with Crippen LogP contribution in [0.15, 0.2) is 23.1 Å². The van der Waals surface area contributed by atoms with Crippen LogP contribution in [0.1, 0.15) is 36.5 Å². The van der Waals surface area contributed by atoms with Gasteiger partial charge >= 0.3 is 0 Å². The zero-order chi connectivity index (χ0) is 16.4. The van der Waals surface area contributed by atoms with E-state index in [4.69, 9.17) is 0 Å². The van der Waals surface area contributed by atoms with E-state index in [1.165, 1.54) is 12.1 Å². The molecule has 0 saturated carbocycles. The van der Waals surface area contributed by atoms with Crippen molar-refractivity contribution in [2.45, 2.75) is 50.6 Å². The van der Waals surface area contributed by atoms with Crippen molar-refractivity contribution >= 4 is 10.0 Å². The van der Waals surface area contributed by atoms with Crippen molar-refractivity contribution in [2.24, 2.45) is 0 Å². The number of nitrogens with one attached hydrogen (secondary N) is 1. The normalized spacial score (nSPS) is 15.2. The van der Waals surface area contributed by atoms with Gasteiger partial charge in [0.2, 0.25) is 10.0 Å². The van der Waals surface area contributed by atoms with E-state index in [2.05, 4.69) is 14.9 Å². The van der Waals surface area contributed by atoms with Crippen molar-refractivity contribution in [3.05, 3.63) is 41.2 Å². The molecule has 0 bridgehead atoms. The Balaban J connectivity index is 1.80. The van der Waals surface area contributed by atoms with Crippen LogP contribution >= 0.6 is 0 Å². The van der Waals surface area contributed by atoms with Gasteiger partial charge in [-0.1, -0.05) is 12.5 Å². The molecular formula is C15H19FN4O2S. The van der Waals surface area contributed by atoms with Crippen LogP contribution in [0, 0.1) is 12.7 Å². The van der Waals surface area contributed by atoms with Gasteiger partial charge in [-0.2, -0.15) is 0 Å². The number of rotatable bonds is 4. The maximum Gasteiger partial charge on any atom is 0.241 e. The maximum absolute atomic E-state index is 13.3. The summed E-state index contributed by atoms with van der Waals surface area (Å²) < 4.78 is 42.6. The average Bonchev–Trinajstić information content (AvgIpc) is 2.74. The molecule has 3 rings (SSSR count). The number of halogens is 1. The van der Waals surface area contributed by atoms with Crippen LogP contribution < -0.4 is 4.72 Å². The quantitative estimate of drug-likeness (QED) is 0.924. The first kappa shape index (κ1) is 16.1. The molecule has 1 aromatic carbocycles. The summed E-state index contributed by atoms with van der Waals surface area (Å²) in [5, 5.41) is 8.23. The van der Waals surface area contributed by atoms with E-state index in [0.29, 0.717) is 11.4 Å². The highest BCUT2D eigenvalue weighted by atomic mass is 32.2. The fourth-order valence-electron chi connectivity index (χ4n) is 2.78. The summed E-state index contributed by atoms with van der Waals surface area (Å²) in [5.41, 5.74) is 0.499. The molecule has 0 aliphatic carbocycles. The molecule has 1 N–H and O–H groups in total. The van der Waals surface area contributed by atoms with Crippen LogP contribution in [0.3, 0.4) is 0 Å². The summed E-state index contributed by atoms with van der Waals surface area (Å²) in [6.45, 7) is 2.49. The molecule has 0 spiro atoms. The molecule has 6 nitrogen and oxygen atoms in total. The zero-order valence-electron chi connectivity index (χ0n) is 12.9. The minimum atomic E-state index is -3.80. The van der Waals surface area contributed by atoms with Gasteiger partial charge in [0, 0.05) is 13.0 Å². The first-order valence-corrected chi connectivity index (χ1v) is 9.12. The molecule has 8 heteroatoms. The molecule has 23 heavy (non-hydrogen) atoms. The predicted molar refractivity (Wildman–Crippen MR) is 82.7 cm³/mol. The van der Waals surface area contributed by atoms with Gasteiger partial charge in [-0.15, -0.1) is 10.2 Å². The molecule has 2 heterocycles. The fraction of sp³-hybridized carbons (Fsp3) is 0.467. The standard InChI is InChI=1S/C15H19FN4O2S/c1-11-6-7-12(16)9-13(11)23(21,22)17-10-15-19-18-14-5-3-2-4-8-20(14)15/h6-7,9,17H,2-5,8,10H2,1H3. The number of hydrogen-bond donors (Lipinski definition) is 1. The minimum Gasteiger partial charge on any atom is -0.314 e. The molecule has 124 valence electrons. The monoisotopic (exact) mass is 338 g/mol. The summed E-state index contributed by atoms with van der Waals surface area (Å²) in [6, 6.07) is 3.72. The minimum absolute atomic E-state index is 0.0469. The lowest BCUT2D eigenvalue weighted by molar-refractivity contribution is 0.564. The topological polar surface area (TPSA) is 76.9 Å². The molecule has 0 amide bonds. The molecule has 0 fully saturated rings. The van der Waals surface area contributed by atoms with E-state index in [-0.39, 0.29) is 11.4 Å². The second-order valence-corrected chi connectivity index (χ2v) is 7.46. The zero-order valence-corrected chi connectivity index (χ0v) is 13.7. The summed E-state index contributed by atoms with van der Waals surface area (Å²) in [6.07, 6.45) is 4.11. The highest BCUT2D eigenvalue weighted by molar-refractivity contribution is 7.89. The summed E-state index contributed by atoms with van der Waals surface area (Å²) in [4.78, 5) is -0.0481. The van der Waals surface area contributed by atoms with Crippen molar-refractivity contribution in [1.29, 1.82) is 0 Å². The summed E-state index contributed by atoms with van der Waals surface area (Å²) in [7, 11) is -3.80. The highest BCUT2D eigenvalue weighted by Gasteiger charge is 2.20. The molecule has 0 unspecified atom stereocenters. The number of aryl methyl sites for hydroxylation is 2. The SMILES string of the molecule is Cc1ccc(F)cc1S(=O)(=O)NCc1nnc2n1CCCCC2. The third-order valence-corrected chi connectivity index (χ3v) is 5.59. The van der Waals surface area contributed by atoms with Crippen molar-refractivity contribution < 1.29 is 12.8 Å². The van der Waals surface area contributed by atoms with E-state index in [1.807, 2.05) is 4.57 Å². The van der Waals surface area contributed by atoms with Crippen molar-refractivity contribution in [3.8, 4) is 0 Å². The van der Waals surface area contributed by atoms with Gasteiger partial charge < -0.3 is 4.57 Å². The lowest BCUT2D eigenvalue weighted by Crippen LogP contribution is -2.26. The Labute approximate surface area is 134 Å². The number of nitrogens with zero attached hydrogens (tertiary/aromatic N) is 3. The van der Waals surface area contributed by atoms with Crippen molar-refractivity contribution in [3.63, 3.8) is 0 Å². The first-order chi connectivity index (χ1) is 11.0. The Hall–Kier alpha value is -1.80. The van der Waals surface area contributed by atoms with Crippen molar-refractivity contribution in [1.82, 2.24) is 19.5 Å². The molecule has 0 radical (unpaired) electrons. The molecule has 0 saturated heterocycles. The van der Waals surface area contributed by atoms with Gasteiger partial charge in [0.15, 0.2) is 0 Å². The number of benzene rings is 1. The number of fused-ring (bicyclic) bond motifs is 1. The Morgan fingerprint density at radius 3 is 2.91 bits per heavy atom. The number of sulfonamides is 1. The van der Waals surface area contributed by atoms with Gasteiger partial charge in [0.05, 0.1) is 11.4 Å². The third-order valence-electron chi connectivity index (χ3n) is 4.05. The van der Waals surface area contributed by atoms with Gasteiger partial charge in [0.25, 0.3) is 0 Å². The molecule has 1 aromatic heterocycles. The Kier molecular flexibility index (Phi) is 4.45. The molecule has 2 aromatic rings. The van der Waals surface area contributed by atoms with E-state index in [1.54, 1.807) is 6.92 Å². The van der Waals surface area contributed by atoms with Gasteiger partial charge in [-0.05, 0) is 37.5 Å². The molecular weight excluding hydrogens is 319 g/mol. The predicted octanol–water partition coefficient (Wildman–Crippen LogP) is 1.93. The van der Waals surface area contributed by atoms with E-state index < -0.39 is 15.8 Å². The lowest BCUT2D eigenvalue weighted by Gasteiger charge is -2.10. The lowest BCUT2D eigenvalue weighted by atomic mass is 10.2. The van der Waals surface area contributed by atoms with Gasteiger partial charge in [-0.3, -0.25) is 0 Å². The molecule has 1 aliphatic heterocycles. The van der Waals surface area contributed by atoms with Crippen LogP contribution in [0.4, 0.5) is 4.39 Å². The first-order valence-electron chi connectivity index (χ1n) is 7.64. The summed E-state index contributed by atoms with van der Waals surface area (Å²) in [5.74, 6) is 0.922. The fourth-order valence-corrected chi connectivity index (χ4v) is 4.01. The van der Waals surface area contributed by atoms with Gasteiger partial charge in [0.1, 0.15) is 17.5 Å². The molecule has 1 aliphatic rings. The summed E-state index contributed by atoms with van der Waals surface area (Å²) >= 11 is 0. The molecule has 0 atom stereocenters. The average molecular weight is 338 g/mol. The second-order valence-electron chi connectivity index (χ2n) is 5.73. The maximum atomic E-state index is 13.3. The number of aromatic nitrogens is 3. The van der Waals surface area contributed by atoms with Crippen molar-refractivity contribution in [2.75, 3.05) is 0 Å². The van der Waals surface area contributed by atoms with E-state index >= 15 is 0 Å². The van der Waals surface area contributed by atoms with Crippen LogP contribution in [-0.2, 0) is 29.5 Å².